The lowest BCUT2D eigenvalue weighted by molar-refractivity contribution is -0.137. The second-order valence-electron chi connectivity index (χ2n) is 11.8. The molecule has 4 aromatic carbocycles. The van der Waals surface area contributed by atoms with Gasteiger partial charge >= 0.3 is 6.18 Å². The first-order valence-corrected chi connectivity index (χ1v) is 16.5. The molecule has 4 aromatic rings. The molecular formula is C39H47F3N2O3. The maximum Gasteiger partial charge on any atom is 0.416 e. The molecule has 0 spiro atoms. The summed E-state index contributed by atoms with van der Waals surface area (Å²) in [6, 6.07) is 32.9. The zero-order chi connectivity index (χ0) is 33.3. The summed E-state index contributed by atoms with van der Waals surface area (Å²) >= 11 is 0. The summed E-state index contributed by atoms with van der Waals surface area (Å²) in [7, 11) is 4.05. The first kappa shape index (κ1) is 35.8. The fourth-order valence-electron chi connectivity index (χ4n) is 5.34. The number of nitrogens with zero attached hydrogens (tertiary/aromatic N) is 1. The van der Waals surface area contributed by atoms with Crippen molar-refractivity contribution in [3.63, 3.8) is 0 Å². The predicted molar refractivity (Wildman–Crippen MR) is 182 cm³/mol. The Bertz CT molecular complexity index is 1400. The van der Waals surface area contributed by atoms with Gasteiger partial charge in [-0.25, -0.2) is 0 Å². The number of rotatable bonds is 20. The summed E-state index contributed by atoms with van der Waals surface area (Å²) in [4.78, 5) is 2.29. The van der Waals surface area contributed by atoms with Crippen molar-refractivity contribution in [2.75, 3.05) is 40.3 Å². The molecule has 5 nitrogen and oxygen atoms in total. The Morgan fingerprint density at radius 3 is 1.68 bits per heavy atom. The fourth-order valence-corrected chi connectivity index (χ4v) is 5.34. The number of halogens is 3. The molecule has 0 heterocycles. The van der Waals surface area contributed by atoms with Gasteiger partial charge in [-0.05, 0) is 99.7 Å². The van der Waals surface area contributed by atoms with E-state index >= 15 is 0 Å². The molecule has 4 rings (SSSR count). The van der Waals surface area contributed by atoms with Crippen LogP contribution in [-0.2, 0) is 6.18 Å². The van der Waals surface area contributed by atoms with Crippen molar-refractivity contribution < 1.29 is 27.4 Å². The molecule has 0 aromatic heterocycles. The van der Waals surface area contributed by atoms with Crippen LogP contribution in [0.25, 0.3) is 0 Å². The molecule has 0 aliphatic carbocycles. The lowest BCUT2D eigenvalue weighted by atomic mass is 10.1. The highest BCUT2D eigenvalue weighted by Gasteiger charge is 2.30. The van der Waals surface area contributed by atoms with Crippen LogP contribution in [0.15, 0.2) is 109 Å². The summed E-state index contributed by atoms with van der Waals surface area (Å²) in [6.07, 6.45) is 1.23. The number of unbranched alkanes of at least 4 members (excludes halogenated alkanes) is 3. The Morgan fingerprint density at radius 1 is 0.617 bits per heavy atom. The van der Waals surface area contributed by atoms with Crippen LogP contribution in [0.5, 0.6) is 17.2 Å². The Morgan fingerprint density at radius 2 is 1.13 bits per heavy atom. The van der Waals surface area contributed by atoms with E-state index in [1.807, 2.05) is 79.8 Å². The van der Waals surface area contributed by atoms with Crippen LogP contribution in [0.2, 0.25) is 0 Å². The van der Waals surface area contributed by atoms with Gasteiger partial charge in [0.2, 0.25) is 0 Å². The van der Waals surface area contributed by atoms with Gasteiger partial charge in [0.15, 0.2) is 0 Å². The number of hydrogen-bond donors (Lipinski definition) is 1. The van der Waals surface area contributed by atoms with Crippen molar-refractivity contribution in [3.8, 4) is 17.2 Å². The van der Waals surface area contributed by atoms with E-state index < -0.39 is 11.7 Å². The number of benzene rings is 4. The summed E-state index contributed by atoms with van der Waals surface area (Å²) in [6.45, 7) is 3.31. The van der Waals surface area contributed by atoms with Crippen molar-refractivity contribution in [1.29, 1.82) is 0 Å². The van der Waals surface area contributed by atoms with Crippen molar-refractivity contribution >= 4 is 0 Å². The molecule has 0 fully saturated rings. The van der Waals surface area contributed by atoms with E-state index in [0.717, 1.165) is 92.9 Å². The molecule has 0 saturated carbocycles. The van der Waals surface area contributed by atoms with Crippen LogP contribution in [0, 0.1) is 0 Å². The summed E-state index contributed by atoms with van der Waals surface area (Å²) in [5.74, 6) is 2.10. The number of alkyl halides is 3. The van der Waals surface area contributed by atoms with E-state index in [-0.39, 0.29) is 12.2 Å². The molecule has 2 atom stereocenters. The number of nitrogens with one attached hydrogen (secondary N) is 1. The topological polar surface area (TPSA) is 43.0 Å². The molecule has 1 N–H and O–H groups in total. The van der Waals surface area contributed by atoms with Crippen molar-refractivity contribution in [3.05, 3.63) is 126 Å². The van der Waals surface area contributed by atoms with Crippen LogP contribution in [0.4, 0.5) is 13.2 Å². The zero-order valence-corrected chi connectivity index (χ0v) is 27.4. The molecule has 0 saturated heterocycles. The molecule has 0 radical (unpaired) electrons. The Labute approximate surface area is 277 Å². The van der Waals surface area contributed by atoms with Crippen LogP contribution >= 0.6 is 0 Å². The predicted octanol–water partition coefficient (Wildman–Crippen LogP) is 9.52. The highest BCUT2D eigenvalue weighted by Crippen LogP contribution is 2.32. The first-order valence-electron chi connectivity index (χ1n) is 16.5. The maximum absolute atomic E-state index is 13.0. The fraction of sp³-hybridized carbons (Fsp3) is 0.385. The van der Waals surface area contributed by atoms with E-state index in [9.17, 15) is 13.2 Å². The van der Waals surface area contributed by atoms with Gasteiger partial charge in [0, 0.05) is 19.4 Å². The Hall–Kier alpha value is -4.01. The van der Waals surface area contributed by atoms with Gasteiger partial charge in [-0.1, -0.05) is 73.5 Å². The van der Waals surface area contributed by atoms with Crippen molar-refractivity contribution in [2.24, 2.45) is 0 Å². The SMILES string of the molecule is CNCCC(Oc1ccc(OCCCCCCN(C)CC[C@@H](Oc2ccc(C(F)(F)F)cc2)c2ccccc2)cc1)c1ccccc1. The normalized spacial score (nSPS) is 12.9. The lowest BCUT2D eigenvalue weighted by Gasteiger charge is -2.23. The van der Waals surface area contributed by atoms with E-state index in [4.69, 9.17) is 14.2 Å². The maximum atomic E-state index is 13.0. The standard InChI is InChI=1S/C39H47F3N2O3/c1-43-27-25-37(31-13-7-5-8-14-31)46-36-23-21-34(22-24-36)45-30-12-4-3-11-28-44(2)29-26-38(32-15-9-6-10-16-32)47-35-19-17-33(18-20-35)39(40,41)42/h5-10,13-24,37-38,43H,3-4,11-12,25-30H2,1-2H3/t37?,38-/m1/s1. The number of ether oxygens (including phenoxy) is 3. The Kier molecular flexibility index (Phi) is 14.5. The molecule has 0 aliphatic rings. The van der Waals surface area contributed by atoms with Crippen molar-refractivity contribution in [2.45, 2.75) is 56.9 Å². The second kappa shape index (κ2) is 19.0. The van der Waals surface area contributed by atoms with Gasteiger partial charge in [-0.2, -0.15) is 13.2 Å². The summed E-state index contributed by atoms with van der Waals surface area (Å²) < 4.78 is 57.4. The van der Waals surface area contributed by atoms with Gasteiger partial charge in [0.1, 0.15) is 29.5 Å². The lowest BCUT2D eigenvalue weighted by Crippen LogP contribution is -2.24. The minimum Gasteiger partial charge on any atom is -0.494 e. The van der Waals surface area contributed by atoms with Crippen LogP contribution in [0.1, 0.15) is 67.4 Å². The highest BCUT2D eigenvalue weighted by atomic mass is 19.4. The minimum absolute atomic E-state index is 0.0132. The van der Waals surface area contributed by atoms with Crippen LogP contribution in [-0.4, -0.2) is 45.2 Å². The molecule has 47 heavy (non-hydrogen) atoms. The minimum atomic E-state index is -4.37. The monoisotopic (exact) mass is 648 g/mol. The molecule has 0 amide bonds. The largest absolute Gasteiger partial charge is 0.494 e. The average Bonchev–Trinajstić information content (AvgIpc) is 3.09. The molecular weight excluding hydrogens is 601 g/mol. The third kappa shape index (κ3) is 12.6. The van der Waals surface area contributed by atoms with Gasteiger partial charge < -0.3 is 24.4 Å². The molecule has 0 bridgehead atoms. The average molecular weight is 649 g/mol. The van der Waals surface area contributed by atoms with E-state index in [1.54, 1.807) is 0 Å². The second-order valence-corrected chi connectivity index (χ2v) is 11.8. The smallest absolute Gasteiger partial charge is 0.416 e. The third-order valence-electron chi connectivity index (χ3n) is 8.04. The quantitative estimate of drug-likeness (QED) is 0.0968. The molecule has 252 valence electrons. The molecule has 1 unspecified atom stereocenters. The number of hydrogen-bond acceptors (Lipinski definition) is 5. The van der Waals surface area contributed by atoms with Gasteiger partial charge in [0.05, 0.1) is 12.2 Å². The van der Waals surface area contributed by atoms with E-state index in [2.05, 4.69) is 29.4 Å². The van der Waals surface area contributed by atoms with Gasteiger partial charge in [0.25, 0.3) is 0 Å². The van der Waals surface area contributed by atoms with E-state index in [1.165, 1.54) is 12.1 Å². The van der Waals surface area contributed by atoms with Crippen molar-refractivity contribution in [1.82, 2.24) is 10.2 Å². The first-order chi connectivity index (χ1) is 22.8. The van der Waals surface area contributed by atoms with Gasteiger partial charge in [-0.15, -0.1) is 0 Å². The summed E-state index contributed by atoms with van der Waals surface area (Å²) in [5, 5.41) is 3.20. The van der Waals surface area contributed by atoms with Crippen LogP contribution < -0.4 is 19.5 Å². The molecule has 0 aliphatic heterocycles. The zero-order valence-electron chi connectivity index (χ0n) is 27.4. The molecule has 8 heteroatoms. The van der Waals surface area contributed by atoms with E-state index in [0.29, 0.717) is 12.4 Å². The summed E-state index contributed by atoms with van der Waals surface area (Å²) in [5.41, 5.74) is 1.49. The highest BCUT2D eigenvalue weighted by molar-refractivity contribution is 5.32. The van der Waals surface area contributed by atoms with Crippen LogP contribution in [0.3, 0.4) is 0 Å². The third-order valence-corrected chi connectivity index (χ3v) is 8.04. The van der Waals surface area contributed by atoms with Gasteiger partial charge in [-0.3, -0.25) is 0 Å². The Balaban J connectivity index is 1.12.